The first-order valence-corrected chi connectivity index (χ1v) is 32.9. The molecule has 78 heavy (non-hydrogen) atoms. The van der Waals surface area contributed by atoms with Crippen LogP contribution in [0.25, 0.3) is 0 Å². The largest absolute Gasteiger partial charge is 0.462 e. The van der Waals surface area contributed by atoms with Crippen LogP contribution in [0.1, 0.15) is 310 Å². The van der Waals surface area contributed by atoms with E-state index in [1.807, 2.05) is 0 Å². The van der Waals surface area contributed by atoms with Crippen molar-refractivity contribution in [2.75, 3.05) is 13.2 Å². The van der Waals surface area contributed by atoms with E-state index >= 15 is 0 Å². The van der Waals surface area contributed by atoms with E-state index in [4.69, 9.17) is 14.2 Å². The van der Waals surface area contributed by atoms with Crippen LogP contribution in [0, 0.1) is 0 Å². The minimum absolute atomic E-state index is 0.0785. The maximum Gasteiger partial charge on any atom is 0.306 e. The van der Waals surface area contributed by atoms with E-state index < -0.39 is 6.10 Å². The van der Waals surface area contributed by atoms with Crippen LogP contribution in [0.15, 0.2) is 109 Å². The molecule has 0 fully saturated rings. The minimum atomic E-state index is -0.778. The third-order valence-corrected chi connectivity index (χ3v) is 14.0. The molecule has 0 saturated heterocycles. The number of hydrogen-bond acceptors (Lipinski definition) is 6. The highest BCUT2D eigenvalue weighted by molar-refractivity contribution is 5.71. The summed E-state index contributed by atoms with van der Waals surface area (Å²) in [7, 11) is 0. The molecule has 0 bridgehead atoms. The van der Waals surface area contributed by atoms with Crippen molar-refractivity contribution >= 4 is 17.9 Å². The number of esters is 3. The van der Waals surface area contributed by atoms with Gasteiger partial charge < -0.3 is 14.2 Å². The molecule has 0 radical (unpaired) electrons. The summed E-state index contributed by atoms with van der Waals surface area (Å²) in [6.07, 6.45) is 89.9. The summed E-state index contributed by atoms with van der Waals surface area (Å²) in [5, 5.41) is 0. The average molecular weight is 1080 g/mol. The van der Waals surface area contributed by atoms with Crippen molar-refractivity contribution in [3.63, 3.8) is 0 Å². The van der Waals surface area contributed by atoms with E-state index in [-0.39, 0.29) is 31.1 Å². The lowest BCUT2D eigenvalue weighted by Crippen LogP contribution is -2.30. The van der Waals surface area contributed by atoms with Crippen LogP contribution in [0.2, 0.25) is 0 Å². The van der Waals surface area contributed by atoms with E-state index in [0.717, 1.165) is 122 Å². The Bertz CT molecular complexity index is 1570. The van der Waals surface area contributed by atoms with E-state index in [2.05, 4.69) is 130 Å². The molecule has 0 aliphatic heterocycles. The Morgan fingerprint density at radius 2 is 0.500 bits per heavy atom. The molecule has 0 saturated carbocycles. The SMILES string of the molecule is CC/C=C\C/C=C\C/C=C\C/C=C\C/C=C\C/C=C\C/C=C\C/C=C\C/C=C\CCCCCCCCCC(=O)OCC(COC(=O)CCCCCCCC)OC(=O)CCCCCCCCCCCCCCCCCCCCC. The molecule has 0 N–H and O–H groups in total. The van der Waals surface area contributed by atoms with Crippen molar-refractivity contribution in [1.29, 1.82) is 0 Å². The highest BCUT2D eigenvalue weighted by Gasteiger charge is 2.19. The number of allylic oxidation sites excluding steroid dienone is 18. The predicted octanol–water partition coefficient (Wildman–Crippen LogP) is 22.6. The Labute approximate surface area is 482 Å². The Morgan fingerprint density at radius 3 is 0.782 bits per heavy atom. The lowest BCUT2D eigenvalue weighted by molar-refractivity contribution is -0.167. The van der Waals surface area contributed by atoms with E-state index in [9.17, 15) is 14.4 Å². The molecule has 6 heteroatoms. The summed E-state index contributed by atoms with van der Waals surface area (Å²) in [5.41, 5.74) is 0. The molecule has 1 atom stereocenters. The van der Waals surface area contributed by atoms with Crippen LogP contribution in [0.3, 0.4) is 0 Å². The van der Waals surface area contributed by atoms with Crippen LogP contribution >= 0.6 is 0 Å². The molecule has 0 spiro atoms. The van der Waals surface area contributed by atoms with Crippen LogP contribution < -0.4 is 0 Å². The van der Waals surface area contributed by atoms with Crippen LogP contribution in [0.5, 0.6) is 0 Å². The van der Waals surface area contributed by atoms with Crippen molar-refractivity contribution < 1.29 is 28.6 Å². The van der Waals surface area contributed by atoms with E-state index in [1.54, 1.807) is 0 Å². The smallest absolute Gasteiger partial charge is 0.306 e. The molecule has 1 unspecified atom stereocenters. The maximum absolute atomic E-state index is 12.8. The van der Waals surface area contributed by atoms with E-state index in [1.165, 1.54) is 148 Å². The third kappa shape index (κ3) is 62.9. The summed E-state index contributed by atoms with van der Waals surface area (Å²) in [5.74, 6) is -0.890. The monoisotopic (exact) mass is 1080 g/mol. The first-order chi connectivity index (χ1) is 38.5. The van der Waals surface area contributed by atoms with Crippen LogP contribution in [0.4, 0.5) is 0 Å². The van der Waals surface area contributed by atoms with Crippen molar-refractivity contribution in [2.24, 2.45) is 0 Å². The quantitative estimate of drug-likeness (QED) is 0.0261. The van der Waals surface area contributed by atoms with Gasteiger partial charge in [0, 0.05) is 19.3 Å². The van der Waals surface area contributed by atoms with Gasteiger partial charge in [0.05, 0.1) is 0 Å². The number of unbranched alkanes of at least 4 members (excludes halogenated alkanes) is 30. The maximum atomic E-state index is 12.8. The van der Waals surface area contributed by atoms with Crippen molar-refractivity contribution in [2.45, 2.75) is 316 Å². The predicted molar refractivity (Wildman–Crippen MR) is 339 cm³/mol. The zero-order valence-corrected chi connectivity index (χ0v) is 51.2. The molecule has 6 nitrogen and oxygen atoms in total. The van der Waals surface area contributed by atoms with Crippen molar-refractivity contribution in [3.8, 4) is 0 Å². The van der Waals surface area contributed by atoms with Gasteiger partial charge in [-0.2, -0.15) is 0 Å². The number of hydrogen-bond donors (Lipinski definition) is 0. The highest BCUT2D eigenvalue weighted by atomic mass is 16.6. The van der Waals surface area contributed by atoms with Crippen molar-refractivity contribution in [3.05, 3.63) is 109 Å². The van der Waals surface area contributed by atoms with Gasteiger partial charge in [0.1, 0.15) is 13.2 Å². The van der Waals surface area contributed by atoms with Crippen molar-refractivity contribution in [1.82, 2.24) is 0 Å². The van der Waals surface area contributed by atoms with Gasteiger partial charge in [-0.15, -0.1) is 0 Å². The molecule has 0 amide bonds. The molecule has 0 aromatic heterocycles. The summed E-state index contributed by atoms with van der Waals surface area (Å²) < 4.78 is 16.8. The number of rotatable bonds is 59. The van der Waals surface area contributed by atoms with Gasteiger partial charge in [-0.05, 0) is 89.9 Å². The first-order valence-electron chi connectivity index (χ1n) is 32.9. The summed E-state index contributed by atoms with van der Waals surface area (Å²) in [4.78, 5) is 38.0. The summed E-state index contributed by atoms with van der Waals surface area (Å²) in [6, 6.07) is 0. The lowest BCUT2D eigenvalue weighted by atomic mass is 10.0. The van der Waals surface area contributed by atoms with E-state index in [0.29, 0.717) is 19.3 Å². The van der Waals surface area contributed by atoms with Crippen LogP contribution in [-0.2, 0) is 28.6 Å². The Hall–Kier alpha value is -3.93. The van der Waals surface area contributed by atoms with Gasteiger partial charge in [0.2, 0.25) is 0 Å². The Kier molecular flexibility index (Phi) is 62.3. The highest BCUT2D eigenvalue weighted by Crippen LogP contribution is 2.17. The molecule has 0 heterocycles. The fourth-order valence-corrected chi connectivity index (χ4v) is 9.14. The second-order valence-electron chi connectivity index (χ2n) is 21.7. The average Bonchev–Trinajstić information content (AvgIpc) is 3.44. The summed E-state index contributed by atoms with van der Waals surface area (Å²) >= 11 is 0. The Morgan fingerprint density at radius 1 is 0.269 bits per heavy atom. The van der Waals surface area contributed by atoms with Gasteiger partial charge in [-0.25, -0.2) is 0 Å². The fourth-order valence-electron chi connectivity index (χ4n) is 9.14. The molecule has 0 aromatic rings. The van der Waals surface area contributed by atoms with Gasteiger partial charge >= 0.3 is 17.9 Å². The third-order valence-electron chi connectivity index (χ3n) is 14.0. The zero-order valence-electron chi connectivity index (χ0n) is 51.2. The molecule has 0 aromatic carbocycles. The second kappa shape index (κ2) is 65.6. The molecule has 0 rings (SSSR count). The molecular formula is C72H122O6. The van der Waals surface area contributed by atoms with Gasteiger partial charge in [0.25, 0.3) is 0 Å². The standard InChI is InChI=1S/C72H122O6/c1-4-7-10-13-16-18-20-22-24-26-28-29-30-31-32-33-34-35-36-37-38-39-40-41-42-43-45-46-48-50-52-54-56-59-62-65-71(74)77-68-69(67-76-70(73)64-61-58-15-12-9-6-3)78-72(75)66-63-60-57-55-53-51-49-47-44-27-25-23-21-19-17-14-11-8-5-2/h7,10,16,18,22,24,28-29,31-32,34-35,37-38,40-41,43,45,69H,4-6,8-9,11-15,17,19-21,23,25-27,30,33,36,39,42,44,46-68H2,1-3H3/b10-7-,18-16-,24-22-,29-28-,32-31-,35-34-,38-37-,41-40-,45-43-. The Balaban J connectivity index is 4.09. The minimum Gasteiger partial charge on any atom is -0.462 e. The van der Waals surface area contributed by atoms with Gasteiger partial charge in [0.15, 0.2) is 6.10 Å². The lowest BCUT2D eigenvalue weighted by Gasteiger charge is -2.18. The second-order valence-corrected chi connectivity index (χ2v) is 21.7. The fraction of sp³-hybridized carbons (Fsp3) is 0.708. The molecule has 0 aliphatic rings. The summed E-state index contributed by atoms with van der Waals surface area (Å²) in [6.45, 7) is 6.48. The van der Waals surface area contributed by atoms with Gasteiger partial charge in [-0.1, -0.05) is 310 Å². The molecule has 446 valence electrons. The zero-order chi connectivity index (χ0) is 56.4. The molecular weight excluding hydrogens is 961 g/mol. The first kappa shape index (κ1) is 74.1. The number of ether oxygens (including phenoxy) is 3. The van der Waals surface area contributed by atoms with Gasteiger partial charge in [-0.3, -0.25) is 14.4 Å². The number of carbonyl (C=O) groups is 3. The number of carbonyl (C=O) groups excluding carboxylic acids is 3. The normalized spacial score (nSPS) is 12.8. The topological polar surface area (TPSA) is 78.9 Å². The van der Waals surface area contributed by atoms with Crippen LogP contribution in [-0.4, -0.2) is 37.2 Å². The molecule has 0 aliphatic carbocycles.